The van der Waals surface area contributed by atoms with Crippen LogP contribution in [0.3, 0.4) is 0 Å². The fraction of sp³-hybridized carbons (Fsp3) is 0.522. The molecule has 4 rings (SSSR count). The molecule has 0 saturated carbocycles. The van der Waals surface area contributed by atoms with Crippen molar-refractivity contribution < 1.29 is 4.74 Å². The van der Waals surface area contributed by atoms with Gasteiger partial charge in [0.1, 0.15) is 0 Å². The number of pyridine rings is 1. The number of benzene rings is 1. The average Bonchev–Trinajstić information content (AvgIpc) is 3.02. The summed E-state index contributed by atoms with van der Waals surface area (Å²) in [5.41, 5.74) is 3.14. The highest BCUT2D eigenvalue weighted by atomic mass is 16.5. The molecule has 2 fully saturated rings. The Morgan fingerprint density at radius 2 is 1.74 bits per heavy atom. The Labute approximate surface area is 163 Å². The molecule has 0 bridgehead atoms. The first-order valence-corrected chi connectivity index (χ1v) is 10.1. The second-order valence-electron chi connectivity index (χ2n) is 8.31. The van der Waals surface area contributed by atoms with Crippen LogP contribution < -0.4 is 0 Å². The van der Waals surface area contributed by atoms with Gasteiger partial charge in [0, 0.05) is 51.6 Å². The lowest BCUT2D eigenvalue weighted by atomic mass is 9.71. The first kappa shape index (κ1) is 18.6. The molecule has 4 heteroatoms. The molecule has 1 atom stereocenters. The topological polar surface area (TPSA) is 28.6 Å². The number of nitrogens with zero attached hydrogens (tertiary/aromatic N) is 3. The molecule has 144 valence electrons. The van der Waals surface area contributed by atoms with Crippen molar-refractivity contribution in [2.75, 3.05) is 39.9 Å². The highest BCUT2D eigenvalue weighted by Gasteiger charge is 2.47. The third kappa shape index (κ3) is 4.40. The molecule has 2 aliphatic rings. The molecule has 0 radical (unpaired) electrons. The standard InChI is InChI=1S/C23H31N3O/c1-27-18-22-17-26(16-21-8-5-11-24-14-21)19-23(22)9-12-25(13-10-23)15-20-6-3-2-4-7-20/h2-8,11,14,22H,9-10,12-13,15-19H2,1H3. The van der Waals surface area contributed by atoms with E-state index in [2.05, 4.69) is 51.2 Å². The molecule has 2 saturated heterocycles. The Morgan fingerprint density at radius 3 is 2.44 bits per heavy atom. The van der Waals surface area contributed by atoms with Crippen LogP contribution in [0.1, 0.15) is 24.0 Å². The lowest BCUT2D eigenvalue weighted by molar-refractivity contribution is 0.0350. The average molecular weight is 366 g/mol. The maximum absolute atomic E-state index is 5.62. The Kier molecular flexibility index (Phi) is 5.86. The number of likely N-dealkylation sites (tertiary alicyclic amines) is 2. The molecule has 0 aliphatic carbocycles. The van der Waals surface area contributed by atoms with Crippen molar-refractivity contribution in [2.24, 2.45) is 11.3 Å². The summed E-state index contributed by atoms with van der Waals surface area (Å²) in [7, 11) is 1.85. The SMILES string of the molecule is COCC1CN(Cc2cccnc2)CC12CCN(Cc1ccccc1)CC2. The Morgan fingerprint density at radius 1 is 1.00 bits per heavy atom. The number of aromatic nitrogens is 1. The van der Waals surface area contributed by atoms with Crippen molar-refractivity contribution in [1.29, 1.82) is 0 Å². The molecule has 1 spiro atoms. The van der Waals surface area contributed by atoms with Gasteiger partial charge in [-0.15, -0.1) is 0 Å². The predicted octanol–water partition coefficient (Wildman–Crippen LogP) is 3.44. The molecule has 2 aromatic rings. The van der Waals surface area contributed by atoms with Crippen molar-refractivity contribution in [1.82, 2.24) is 14.8 Å². The van der Waals surface area contributed by atoms with Gasteiger partial charge >= 0.3 is 0 Å². The van der Waals surface area contributed by atoms with Gasteiger partial charge in [-0.2, -0.15) is 0 Å². The summed E-state index contributed by atoms with van der Waals surface area (Å²) in [5, 5.41) is 0. The quantitative estimate of drug-likeness (QED) is 0.784. The minimum Gasteiger partial charge on any atom is -0.384 e. The van der Waals surface area contributed by atoms with E-state index in [0.29, 0.717) is 11.3 Å². The van der Waals surface area contributed by atoms with Crippen molar-refractivity contribution >= 4 is 0 Å². The van der Waals surface area contributed by atoms with E-state index in [9.17, 15) is 0 Å². The fourth-order valence-electron chi connectivity index (χ4n) is 5.01. The summed E-state index contributed by atoms with van der Waals surface area (Å²) in [5.74, 6) is 0.637. The van der Waals surface area contributed by atoms with E-state index in [4.69, 9.17) is 4.74 Å². The minimum atomic E-state index is 0.408. The normalized spacial score (nSPS) is 23.1. The zero-order valence-corrected chi connectivity index (χ0v) is 16.4. The van der Waals surface area contributed by atoms with Crippen LogP contribution in [0.15, 0.2) is 54.9 Å². The van der Waals surface area contributed by atoms with E-state index in [1.54, 1.807) is 0 Å². The van der Waals surface area contributed by atoms with Crippen molar-refractivity contribution in [3.8, 4) is 0 Å². The third-order valence-corrected chi connectivity index (χ3v) is 6.48. The summed E-state index contributed by atoms with van der Waals surface area (Å²) >= 11 is 0. The molecule has 2 aliphatic heterocycles. The van der Waals surface area contributed by atoms with Gasteiger partial charge in [0.15, 0.2) is 0 Å². The minimum absolute atomic E-state index is 0.408. The van der Waals surface area contributed by atoms with E-state index in [1.165, 1.54) is 43.6 Å². The lowest BCUT2D eigenvalue weighted by Gasteiger charge is -2.42. The molecule has 0 amide bonds. The third-order valence-electron chi connectivity index (χ3n) is 6.48. The maximum Gasteiger partial charge on any atom is 0.0508 e. The van der Waals surface area contributed by atoms with E-state index in [1.807, 2.05) is 25.6 Å². The summed E-state index contributed by atoms with van der Waals surface area (Å²) in [6, 6.07) is 15.1. The Hall–Kier alpha value is -1.75. The number of methoxy groups -OCH3 is 1. The van der Waals surface area contributed by atoms with Gasteiger partial charge in [0.25, 0.3) is 0 Å². The van der Waals surface area contributed by atoms with Crippen LogP contribution in [-0.4, -0.2) is 54.7 Å². The van der Waals surface area contributed by atoms with Crippen LogP contribution in [0.2, 0.25) is 0 Å². The molecule has 4 nitrogen and oxygen atoms in total. The number of hydrogen-bond donors (Lipinski definition) is 0. The largest absolute Gasteiger partial charge is 0.384 e. The van der Waals surface area contributed by atoms with E-state index in [0.717, 1.165) is 26.2 Å². The van der Waals surface area contributed by atoms with Gasteiger partial charge < -0.3 is 4.74 Å². The zero-order chi connectivity index (χ0) is 18.5. The summed E-state index contributed by atoms with van der Waals surface area (Å²) in [6.45, 7) is 7.67. The van der Waals surface area contributed by atoms with Crippen LogP contribution >= 0.6 is 0 Å². The molecule has 27 heavy (non-hydrogen) atoms. The smallest absolute Gasteiger partial charge is 0.0508 e. The summed E-state index contributed by atoms with van der Waals surface area (Å²) < 4.78 is 5.62. The summed E-state index contributed by atoms with van der Waals surface area (Å²) in [6.07, 6.45) is 6.40. The van der Waals surface area contributed by atoms with Gasteiger partial charge in [-0.05, 0) is 48.5 Å². The second-order valence-corrected chi connectivity index (χ2v) is 8.31. The highest BCUT2D eigenvalue weighted by molar-refractivity contribution is 5.15. The highest BCUT2D eigenvalue weighted by Crippen LogP contribution is 2.45. The van der Waals surface area contributed by atoms with Crippen molar-refractivity contribution in [3.63, 3.8) is 0 Å². The van der Waals surface area contributed by atoms with Gasteiger partial charge in [0.05, 0.1) is 6.61 Å². The Bertz CT molecular complexity index is 698. The van der Waals surface area contributed by atoms with Gasteiger partial charge in [-0.25, -0.2) is 0 Å². The van der Waals surface area contributed by atoms with Crippen molar-refractivity contribution in [3.05, 3.63) is 66.0 Å². The van der Waals surface area contributed by atoms with Gasteiger partial charge in [0.2, 0.25) is 0 Å². The number of ether oxygens (including phenoxy) is 1. The van der Waals surface area contributed by atoms with Crippen LogP contribution in [0.4, 0.5) is 0 Å². The second kappa shape index (κ2) is 8.51. The fourth-order valence-corrected chi connectivity index (χ4v) is 5.01. The molecule has 1 aromatic carbocycles. The van der Waals surface area contributed by atoms with Crippen LogP contribution in [0, 0.1) is 11.3 Å². The molecule has 0 N–H and O–H groups in total. The molecular weight excluding hydrogens is 334 g/mol. The molecular formula is C23H31N3O. The number of rotatable bonds is 6. The molecule has 1 unspecified atom stereocenters. The van der Waals surface area contributed by atoms with Gasteiger partial charge in [-0.1, -0.05) is 36.4 Å². The Balaban J connectivity index is 1.38. The van der Waals surface area contributed by atoms with Crippen LogP contribution in [0.5, 0.6) is 0 Å². The van der Waals surface area contributed by atoms with Gasteiger partial charge in [-0.3, -0.25) is 14.8 Å². The number of piperidine rings is 1. The maximum atomic E-state index is 5.62. The molecule has 3 heterocycles. The monoisotopic (exact) mass is 365 g/mol. The van der Waals surface area contributed by atoms with Crippen LogP contribution in [-0.2, 0) is 17.8 Å². The van der Waals surface area contributed by atoms with Crippen molar-refractivity contribution in [2.45, 2.75) is 25.9 Å². The predicted molar refractivity (Wildman–Crippen MR) is 108 cm³/mol. The van der Waals surface area contributed by atoms with E-state index < -0.39 is 0 Å². The molecule has 1 aromatic heterocycles. The lowest BCUT2D eigenvalue weighted by Crippen LogP contribution is -2.44. The van der Waals surface area contributed by atoms with E-state index >= 15 is 0 Å². The zero-order valence-electron chi connectivity index (χ0n) is 16.4. The first-order chi connectivity index (χ1) is 13.3. The summed E-state index contributed by atoms with van der Waals surface area (Å²) in [4.78, 5) is 9.52. The van der Waals surface area contributed by atoms with E-state index in [-0.39, 0.29) is 0 Å². The first-order valence-electron chi connectivity index (χ1n) is 10.1. The number of hydrogen-bond acceptors (Lipinski definition) is 4. The van der Waals surface area contributed by atoms with Crippen LogP contribution in [0.25, 0.3) is 0 Å².